The molecular weight excluding hydrogens is 294 g/mol. The molecule has 2 rings (SSSR count). The van der Waals surface area contributed by atoms with Gasteiger partial charge in [0.2, 0.25) is 0 Å². The fourth-order valence-electron chi connectivity index (χ4n) is 2.40. The van der Waals surface area contributed by atoms with Gasteiger partial charge in [0.05, 0.1) is 11.9 Å². The molecule has 0 aliphatic heterocycles. The second-order valence-electron chi connectivity index (χ2n) is 4.88. The SMILES string of the molecule is CCCn1ncc(NC2CCCCC2)c(Br)c1=O. The minimum atomic E-state index is -0.0438. The van der Waals surface area contributed by atoms with E-state index in [2.05, 4.69) is 26.3 Å². The molecule has 1 saturated carbocycles. The van der Waals surface area contributed by atoms with Crippen LogP contribution in [0.3, 0.4) is 0 Å². The highest BCUT2D eigenvalue weighted by atomic mass is 79.9. The lowest BCUT2D eigenvalue weighted by molar-refractivity contribution is 0.462. The standard InChI is InChI=1S/C13H20BrN3O/c1-2-8-17-13(18)12(14)11(9-15-17)16-10-6-4-3-5-7-10/h9-10,16H,2-8H2,1H3. The third kappa shape index (κ3) is 3.13. The van der Waals surface area contributed by atoms with E-state index in [0.717, 1.165) is 12.1 Å². The molecule has 1 N–H and O–H groups in total. The van der Waals surface area contributed by atoms with E-state index in [1.54, 1.807) is 6.20 Å². The number of halogens is 1. The minimum Gasteiger partial charge on any atom is -0.380 e. The summed E-state index contributed by atoms with van der Waals surface area (Å²) in [5, 5.41) is 7.64. The molecule has 1 aromatic heterocycles. The van der Waals surface area contributed by atoms with Crippen molar-refractivity contribution in [2.45, 2.75) is 58.0 Å². The van der Waals surface area contributed by atoms with E-state index in [4.69, 9.17) is 0 Å². The normalized spacial score (nSPS) is 16.8. The number of aromatic nitrogens is 2. The van der Waals surface area contributed by atoms with Gasteiger partial charge in [0.15, 0.2) is 0 Å². The zero-order chi connectivity index (χ0) is 13.0. The number of rotatable bonds is 4. The summed E-state index contributed by atoms with van der Waals surface area (Å²) < 4.78 is 2.12. The summed E-state index contributed by atoms with van der Waals surface area (Å²) in [7, 11) is 0. The van der Waals surface area contributed by atoms with Crippen molar-refractivity contribution in [1.29, 1.82) is 0 Å². The molecule has 0 amide bonds. The summed E-state index contributed by atoms with van der Waals surface area (Å²) in [6.45, 7) is 2.71. The Bertz CT molecular complexity index is 452. The Morgan fingerprint density at radius 1 is 1.44 bits per heavy atom. The van der Waals surface area contributed by atoms with E-state index in [9.17, 15) is 4.79 Å². The first-order chi connectivity index (χ1) is 8.72. The highest BCUT2D eigenvalue weighted by Gasteiger charge is 2.16. The average molecular weight is 314 g/mol. The van der Waals surface area contributed by atoms with Gasteiger partial charge in [-0.25, -0.2) is 4.68 Å². The first kappa shape index (κ1) is 13.6. The summed E-state index contributed by atoms with van der Waals surface area (Å²) >= 11 is 3.39. The summed E-state index contributed by atoms with van der Waals surface area (Å²) in [6.07, 6.45) is 8.92. The van der Waals surface area contributed by atoms with Crippen LogP contribution in [0.1, 0.15) is 45.4 Å². The van der Waals surface area contributed by atoms with E-state index in [-0.39, 0.29) is 5.56 Å². The summed E-state index contributed by atoms with van der Waals surface area (Å²) in [6, 6.07) is 0.485. The van der Waals surface area contributed by atoms with Gasteiger partial charge in [-0.3, -0.25) is 4.79 Å². The van der Waals surface area contributed by atoms with Gasteiger partial charge >= 0.3 is 0 Å². The van der Waals surface area contributed by atoms with Crippen LogP contribution in [0.15, 0.2) is 15.5 Å². The first-order valence-corrected chi connectivity index (χ1v) is 7.54. The van der Waals surface area contributed by atoms with Gasteiger partial charge in [-0.15, -0.1) is 0 Å². The smallest absolute Gasteiger partial charge is 0.283 e. The van der Waals surface area contributed by atoms with Crippen LogP contribution >= 0.6 is 15.9 Å². The van der Waals surface area contributed by atoms with Crippen molar-refractivity contribution in [1.82, 2.24) is 9.78 Å². The third-order valence-electron chi connectivity index (χ3n) is 3.39. The van der Waals surface area contributed by atoms with Crippen LogP contribution in [-0.4, -0.2) is 15.8 Å². The van der Waals surface area contributed by atoms with Gasteiger partial charge < -0.3 is 5.32 Å². The lowest BCUT2D eigenvalue weighted by Crippen LogP contribution is -2.27. The molecule has 1 aliphatic carbocycles. The minimum absolute atomic E-state index is 0.0438. The number of nitrogens with one attached hydrogen (secondary N) is 1. The predicted molar refractivity (Wildman–Crippen MR) is 77.0 cm³/mol. The zero-order valence-corrected chi connectivity index (χ0v) is 12.4. The Morgan fingerprint density at radius 2 is 2.17 bits per heavy atom. The Balaban J connectivity index is 2.13. The molecule has 1 aliphatic rings. The molecule has 0 unspecified atom stereocenters. The van der Waals surface area contributed by atoms with Crippen molar-refractivity contribution in [2.75, 3.05) is 5.32 Å². The van der Waals surface area contributed by atoms with Crippen molar-refractivity contribution in [2.24, 2.45) is 0 Å². The molecule has 1 heterocycles. The number of hydrogen-bond acceptors (Lipinski definition) is 3. The maximum Gasteiger partial charge on any atom is 0.283 e. The topological polar surface area (TPSA) is 46.9 Å². The molecule has 4 nitrogen and oxygen atoms in total. The van der Waals surface area contributed by atoms with Crippen LogP contribution in [-0.2, 0) is 6.54 Å². The van der Waals surface area contributed by atoms with Crippen molar-refractivity contribution in [3.63, 3.8) is 0 Å². The van der Waals surface area contributed by atoms with Crippen molar-refractivity contribution >= 4 is 21.6 Å². The second-order valence-corrected chi connectivity index (χ2v) is 5.67. The van der Waals surface area contributed by atoms with Crippen molar-refractivity contribution < 1.29 is 0 Å². The van der Waals surface area contributed by atoms with E-state index in [0.29, 0.717) is 17.1 Å². The van der Waals surface area contributed by atoms with E-state index < -0.39 is 0 Å². The number of anilines is 1. The lowest BCUT2D eigenvalue weighted by Gasteiger charge is -2.24. The number of aryl methyl sites for hydroxylation is 1. The molecule has 0 bridgehead atoms. The van der Waals surface area contributed by atoms with Gasteiger partial charge in [0, 0.05) is 12.6 Å². The summed E-state index contributed by atoms with van der Waals surface area (Å²) in [5.41, 5.74) is 0.789. The van der Waals surface area contributed by atoms with Gasteiger partial charge in [-0.2, -0.15) is 5.10 Å². The maximum absolute atomic E-state index is 12.0. The molecule has 0 radical (unpaired) electrons. The summed E-state index contributed by atoms with van der Waals surface area (Å²) in [5.74, 6) is 0. The molecule has 0 aromatic carbocycles. The quantitative estimate of drug-likeness (QED) is 0.928. The molecule has 100 valence electrons. The maximum atomic E-state index is 12.0. The van der Waals surface area contributed by atoms with Crippen LogP contribution in [0.2, 0.25) is 0 Å². The Hall–Kier alpha value is -0.840. The fourth-order valence-corrected chi connectivity index (χ4v) is 2.83. The van der Waals surface area contributed by atoms with Crippen LogP contribution < -0.4 is 10.9 Å². The van der Waals surface area contributed by atoms with Crippen molar-refractivity contribution in [3.05, 3.63) is 21.0 Å². The second kappa shape index (κ2) is 6.36. The highest BCUT2D eigenvalue weighted by molar-refractivity contribution is 9.10. The molecule has 5 heteroatoms. The summed E-state index contributed by atoms with van der Waals surface area (Å²) in [4.78, 5) is 12.0. The van der Waals surface area contributed by atoms with Gasteiger partial charge in [-0.1, -0.05) is 26.2 Å². The Kier molecular flexibility index (Phi) is 4.80. The van der Waals surface area contributed by atoms with Crippen molar-refractivity contribution in [3.8, 4) is 0 Å². The average Bonchev–Trinajstić information content (AvgIpc) is 2.40. The van der Waals surface area contributed by atoms with E-state index in [1.165, 1.54) is 36.8 Å². The predicted octanol–water partition coefficient (Wildman–Crippen LogP) is 3.16. The third-order valence-corrected chi connectivity index (χ3v) is 4.15. The van der Waals surface area contributed by atoms with Gasteiger partial charge in [-0.05, 0) is 35.2 Å². The molecular formula is C13H20BrN3O. The monoisotopic (exact) mass is 313 g/mol. The van der Waals surface area contributed by atoms with E-state index in [1.807, 2.05) is 6.92 Å². The molecule has 0 saturated heterocycles. The number of hydrogen-bond donors (Lipinski definition) is 1. The molecule has 1 fully saturated rings. The molecule has 0 atom stereocenters. The van der Waals surface area contributed by atoms with Gasteiger partial charge in [0.25, 0.3) is 5.56 Å². The Labute approximate surface area is 116 Å². The lowest BCUT2D eigenvalue weighted by atomic mass is 9.95. The molecule has 1 aromatic rings. The highest BCUT2D eigenvalue weighted by Crippen LogP contribution is 2.24. The van der Waals surface area contributed by atoms with E-state index >= 15 is 0 Å². The van der Waals surface area contributed by atoms with Gasteiger partial charge in [0.1, 0.15) is 4.47 Å². The van der Waals surface area contributed by atoms with Crippen LogP contribution in [0.25, 0.3) is 0 Å². The zero-order valence-electron chi connectivity index (χ0n) is 10.8. The first-order valence-electron chi connectivity index (χ1n) is 6.74. The fraction of sp³-hybridized carbons (Fsp3) is 0.692. The van der Waals surface area contributed by atoms with Crippen LogP contribution in [0.4, 0.5) is 5.69 Å². The van der Waals surface area contributed by atoms with Crippen LogP contribution in [0.5, 0.6) is 0 Å². The number of nitrogens with zero attached hydrogens (tertiary/aromatic N) is 2. The Morgan fingerprint density at radius 3 is 2.83 bits per heavy atom. The largest absolute Gasteiger partial charge is 0.380 e. The molecule has 0 spiro atoms. The van der Waals surface area contributed by atoms with Crippen LogP contribution in [0, 0.1) is 0 Å². The molecule has 18 heavy (non-hydrogen) atoms.